The molecule has 170 valence electrons. The summed E-state index contributed by atoms with van der Waals surface area (Å²) in [5, 5.41) is 0. The van der Waals surface area contributed by atoms with Crippen molar-refractivity contribution in [1.29, 1.82) is 0 Å². The van der Waals surface area contributed by atoms with E-state index in [0.29, 0.717) is 12.1 Å². The minimum absolute atomic E-state index is 0.171. The Balaban J connectivity index is 1.19. The van der Waals surface area contributed by atoms with Gasteiger partial charge in [0.25, 0.3) is 0 Å². The summed E-state index contributed by atoms with van der Waals surface area (Å²) in [6.07, 6.45) is 16.9. The number of alkyl halides is 1. The van der Waals surface area contributed by atoms with Crippen LogP contribution in [0.25, 0.3) is 5.57 Å². The summed E-state index contributed by atoms with van der Waals surface area (Å²) < 4.78 is 14.1. The second-order valence-electron chi connectivity index (χ2n) is 9.70. The molecule has 0 amide bonds. The molecule has 1 saturated carbocycles. The third-order valence-corrected chi connectivity index (χ3v) is 7.91. The monoisotopic (exact) mass is 451 g/mol. The van der Waals surface area contributed by atoms with Crippen LogP contribution >= 0.6 is 11.6 Å². The van der Waals surface area contributed by atoms with Gasteiger partial charge in [-0.05, 0) is 66.7 Å². The first-order chi connectivity index (χ1) is 15.5. The lowest BCUT2D eigenvalue weighted by Crippen LogP contribution is -2.23. The molecule has 2 aliphatic carbocycles. The van der Waals surface area contributed by atoms with Crippen molar-refractivity contribution in [2.45, 2.75) is 69.2 Å². The van der Waals surface area contributed by atoms with E-state index in [9.17, 15) is 4.39 Å². The van der Waals surface area contributed by atoms with Gasteiger partial charge in [0.2, 0.25) is 0 Å². The van der Waals surface area contributed by atoms with Crippen LogP contribution < -0.4 is 5.73 Å². The Kier molecular flexibility index (Phi) is 7.86. The van der Waals surface area contributed by atoms with Gasteiger partial charge >= 0.3 is 0 Å². The van der Waals surface area contributed by atoms with E-state index < -0.39 is 0 Å². The van der Waals surface area contributed by atoms with Crippen LogP contribution in [0, 0.1) is 17.7 Å². The molecule has 32 heavy (non-hydrogen) atoms. The molecule has 0 heterocycles. The minimum Gasteiger partial charge on any atom is -0.326 e. The molecule has 2 aliphatic rings. The number of nitrogens with two attached hydrogens (primary N) is 1. The lowest BCUT2D eigenvalue weighted by molar-refractivity contribution is 0.246. The van der Waals surface area contributed by atoms with E-state index in [1.165, 1.54) is 62.1 Å². The fourth-order valence-electron chi connectivity index (χ4n) is 5.20. The zero-order valence-corrected chi connectivity index (χ0v) is 19.7. The second-order valence-corrected chi connectivity index (χ2v) is 10.4. The molecule has 4 rings (SSSR count). The summed E-state index contributed by atoms with van der Waals surface area (Å²) in [6.45, 7) is 0.618. The Bertz CT molecular complexity index is 940. The molecule has 0 aromatic heterocycles. The van der Waals surface area contributed by atoms with Crippen molar-refractivity contribution < 1.29 is 4.39 Å². The molecule has 0 aliphatic heterocycles. The topological polar surface area (TPSA) is 26.0 Å². The standard InChI is InChI=1S/C29H35ClFN/c30-29(19-16-26(17-20-29)27-3-1-2-4-28(27)31)18-15-24-9-7-22(8-10-24)5-6-23-11-13-25(21-32)14-12-23/h1-4,11-14,16-17,19,22,24H,5-10,15,18,20-21,32H2/t22-,24-,29?. The number of hydrogen-bond donors (Lipinski definition) is 1. The Morgan fingerprint density at radius 1 is 0.906 bits per heavy atom. The van der Waals surface area contributed by atoms with Crippen LogP contribution in [0.4, 0.5) is 4.39 Å². The Morgan fingerprint density at radius 3 is 2.19 bits per heavy atom. The average Bonchev–Trinajstić information content (AvgIpc) is 2.83. The predicted molar refractivity (Wildman–Crippen MR) is 134 cm³/mol. The van der Waals surface area contributed by atoms with Gasteiger partial charge in [-0.15, -0.1) is 11.6 Å². The third-order valence-electron chi connectivity index (χ3n) is 7.44. The van der Waals surface area contributed by atoms with E-state index in [1.54, 1.807) is 6.07 Å². The summed E-state index contributed by atoms with van der Waals surface area (Å²) in [5.74, 6) is 1.47. The third kappa shape index (κ3) is 6.11. The van der Waals surface area contributed by atoms with Crippen LogP contribution in [0.15, 0.2) is 66.8 Å². The molecule has 2 aromatic carbocycles. The van der Waals surface area contributed by atoms with Crippen LogP contribution in [0.3, 0.4) is 0 Å². The Morgan fingerprint density at radius 2 is 1.56 bits per heavy atom. The SMILES string of the molecule is NCc1ccc(CC[C@H]2CC[C@H](CCC3(Cl)C=CC(c4ccccc4F)=CC3)CC2)cc1. The predicted octanol–water partition coefficient (Wildman–Crippen LogP) is 7.82. The number of halogens is 2. The molecule has 2 aromatic rings. The molecule has 0 radical (unpaired) electrons. The highest BCUT2D eigenvalue weighted by molar-refractivity contribution is 6.25. The molecule has 0 bridgehead atoms. The van der Waals surface area contributed by atoms with Gasteiger partial charge in [0.15, 0.2) is 0 Å². The number of aryl methyl sites for hydroxylation is 1. The van der Waals surface area contributed by atoms with E-state index in [1.807, 2.05) is 18.2 Å². The van der Waals surface area contributed by atoms with Gasteiger partial charge in [0.1, 0.15) is 5.82 Å². The average molecular weight is 452 g/mol. The molecule has 1 nitrogen and oxygen atoms in total. The number of hydrogen-bond acceptors (Lipinski definition) is 1. The fraction of sp³-hybridized carbons (Fsp3) is 0.448. The molecule has 1 fully saturated rings. The van der Waals surface area contributed by atoms with Crippen LogP contribution in [-0.2, 0) is 13.0 Å². The largest absolute Gasteiger partial charge is 0.326 e. The van der Waals surface area contributed by atoms with Crippen molar-refractivity contribution in [3.8, 4) is 0 Å². The normalized spacial score (nSPS) is 25.5. The summed E-state index contributed by atoms with van der Waals surface area (Å²) in [7, 11) is 0. The number of benzene rings is 2. The summed E-state index contributed by atoms with van der Waals surface area (Å²) in [4.78, 5) is -0.318. The molecule has 1 unspecified atom stereocenters. The highest BCUT2D eigenvalue weighted by Gasteiger charge is 2.29. The van der Waals surface area contributed by atoms with Crippen molar-refractivity contribution in [3.63, 3.8) is 0 Å². The molecule has 0 saturated heterocycles. The van der Waals surface area contributed by atoms with Crippen LogP contribution in [0.1, 0.15) is 68.1 Å². The van der Waals surface area contributed by atoms with Crippen molar-refractivity contribution >= 4 is 17.2 Å². The molecular formula is C29H35ClFN. The Labute approximate surface area is 197 Å². The number of allylic oxidation sites excluding steroid dienone is 4. The van der Waals surface area contributed by atoms with Gasteiger partial charge in [-0.3, -0.25) is 0 Å². The first-order valence-electron chi connectivity index (χ1n) is 12.2. The fourth-order valence-corrected chi connectivity index (χ4v) is 5.45. The van der Waals surface area contributed by atoms with Gasteiger partial charge in [-0.25, -0.2) is 4.39 Å². The van der Waals surface area contributed by atoms with Crippen LogP contribution in [-0.4, -0.2) is 4.87 Å². The van der Waals surface area contributed by atoms with Gasteiger partial charge in [-0.2, -0.15) is 0 Å². The minimum atomic E-state index is -0.318. The Hall–Kier alpha value is -1.90. The molecular weight excluding hydrogens is 417 g/mol. The lowest BCUT2D eigenvalue weighted by Gasteiger charge is -2.32. The van der Waals surface area contributed by atoms with Crippen LogP contribution in [0.2, 0.25) is 0 Å². The number of rotatable bonds is 8. The highest BCUT2D eigenvalue weighted by atomic mass is 35.5. The maximum absolute atomic E-state index is 14.1. The van der Waals surface area contributed by atoms with Crippen molar-refractivity contribution in [2.24, 2.45) is 17.6 Å². The van der Waals surface area contributed by atoms with Gasteiger partial charge < -0.3 is 5.73 Å². The van der Waals surface area contributed by atoms with Crippen molar-refractivity contribution in [1.82, 2.24) is 0 Å². The molecule has 1 atom stereocenters. The smallest absolute Gasteiger partial charge is 0.131 e. The highest BCUT2D eigenvalue weighted by Crippen LogP contribution is 2.40. The van der Waals surface area contributed by atoms with Crippen molar-refractivity contribution in [3.05, 3.63) is 89.3 Å². The maximum atomic E-state index is 14.1. The van der Waals surface area contributed by atoms with Gasteiger partial charge in [-0.1, -0.05) is 86.4 Å². The van der Waals surface area contributed by atoms with E-state index in [0.717, 1.165) is 30.3 Å². The first-order valence-corrected chi connectivity index (χ1v) is 12.5. The van der Waals surface area contributed by atoms with Gasteiger partial charge in [0.05, 0.1) is 4.87 Å². The second kappa shape index (κ2) is 10.8. The zero-order valence-electron chi connectivity index (χ0n) is 18.9. The van der Waals surface area contributed by atoms with E-state index >= 15 is 0 Å². The summed E-state index contributed by atoms with van der Waals surface area (Å²) >= 11 is 6.92. The van der Waals surface area contributed by atoms with Gasteiger partial charge in [0, 0.05) is 12.1 Å². The maximum Gasteiger partial charge on any atom is 0.131 e. The quantitative estimate of drug-likeness (QED) is 0.406. The van der Waals surface area contributed by atoms with E-state index in [-0.39, 0.29) is 10.7 Å². The molecule has 0 spiro atoms. The lowest BCUT2D eigenvalue weighted by atomic mass is 9.76. The summed E-state index contributed by atoms with van der Waals surface area (Å²) in [6, 6.07) is 15.7. The molecule has 3 heteroatoms. The van der Waals surface area contributed by atoms with E-state index in [2.05, 4.69) is 36.4 Å². The van der Waals surface area contributed by atoms with Crippen molar-refractivity contribution in [2.75, 3.05) is 0 Å². The van der Waals surface area contributed by atoms with E-state index in [4.69, 9.17) is 17.3 Å². The first kappa shape index (κ1) is 23.3. The molecule has 2 N–H and O–H groups in total. The summed E-state index contributed by atoms with van der Waals surface area (Å²) in [5.41, 5.74) is 9.93. The van der Waals surface area contributed by atoms with Crippen LogP contribution in [0.5, 0.6) is 0 Å². The zero-order chi connectivity index (χ0) is 22.4.